The highest BCUT2D eigenvalue weighted by atomic mass is 16.4. The van der Waals surface area contributed by atoms with Gasteiger partial charge in [0, 0.05) is 25.1 Å². The number of benzene rings is 2. The van der Waals surface area contributed by atoms with Crippen LogP contribution in [0.25, 0.3) is 10.8 Å². The maximum atomic E-state index is 12.3. The summed E-state index contributed by atoms with van der Waals surface area (Å²) in [5.74, 6) is -1.42. The molecule has 0 spiro atoms. The molecule has 2 aromatic carbocycles. The molecule has 1 aliphatic rings. The molecule has 6 heteroatoms. The van der Waals surface area contributed by atoms with Crippen molar-refractivity contribution in [2.75, 3.05) is 13.1 Å². The van der Waals surface area contributed by atoms with Gasteiger partial charge in [-0.05, 0) is 42.2 Å². The van der Waals surface area contributed by atoms with Crippen molar-refractivity contribution in [2.24, 2.45) is 0 Å². The SMILES string of the molecule is O=C(NCCC(=O)N1CCCC[C@@H]1C(=O)O)c1ccc2ccccc2c1. The van der Waals surface area contributed by atoms with E-state index in [2.05, 4.69) is 5.32 Å². The van der Waals surface area contributed by atoms with Gasteiger partial charge in [-0.25, -0.2) is 4.79 Å². The van der Waals surface area contributed by atoms with Gasteiger partial charge in [-0.3, -0.25) is 9.59 Å². The number of hydrogen-bond donors (Lipinski definition) is 2. The highest BCUT2D eigenvalue weighted by Crippen LogP contribution is 2.18. The number of fused-ring (bicyclic) bond motifs is 1. The molecule has 2 amide bonds. The Balaban J connectivity index is 1.55. The van der Waals surface area contributed by atoms with E-state index < -0.39 is 12.0 Å². The van der Waals surface area contributed by atoms with Gasteiger partial charge in [-0.15, -0.1) is 0 Å². The van der Waals surface area contributed by atoms with E-state index in [4.69, 9.17) is 0 Å². The van der Waals surface area contributed by atoms with Crippen LogP contribution in [-0.2, 0) is 9.59 Å². The molecule has 0 aromatic heterocycles. The molecule has 6 nitrogen and oxygen atoms in total. The van der Waals surface area contributed by atoms with E-state index >= 15 is 0 Å². The standard InChI is InChI=1S/C20H22N2O4/c23-18(22-12-4-3-7-17(22)20(25)26)10-11-21-19(24)16-9-8-14-5-1-2-6-15(14)13-16/h1-2,5-6,8-9,13,17H,3-4,7,10-12H2,(H,21,24)(H,25,26)/t17-/m1/s1. The molecule has 0 aliphatic carbocycles. The molecule has 1 fully saturated rings. The third-order valence-corrected chi connectivity index (χ3v) is 4.74. The molecule has 0 radical (unpaired) electrons. The lowest BCUT2D eigenvalue weighted by Crippen LogP contribution is -2.48. The lowest BCUT2D eigenvalue weighted by Gasteiger charge is -2.33. The van der Waals surface area contributed by atoms with Crippen LogP contribution in [0.15, 0.2) is 42.5 Å². The van der Waals surface area contributed by atoms with Crippen molar-refractivity contribution >= 4 is 28.6 Å². The fourth-order valence-electron chi connectivity index (χ4n) is 3.35. The number of rotatable bonds is 5. The first-order valence-corrected chi connectivity index (χ1v) is 8.85. The van der Waals surface area contributed by atoms with Gasteiger partial charge < -0.3 is 15.3 Å². The molecule has 3 rings (SSSR count). The van der Waals surface area contributed by atoms with Crippen molar-refractivity contribution in [3.63, 3.8) is 0 Å². The number of nitrogens with zero attached hydrogens (tertiary/aromatic N) is 1. The van der Waals surface area contributed by atoms with Crippen molar-refractivity contribution in [1.82, 2.24) is 10.2 Å². The summed E-state index contributed by atoms with van der Waals surface area (Å²) in [6, 6.07) is 12.5. The van der Waals surface area contributed by atoms with Crippen LogP contribution in [0.1, 0.15) is 36.0 Å². The number of aliphatic carboxylic acids is 1. The third-order valence-electron chi connectivity index (χ3n) is 4.74. The van der Waals surface area contributed by atoms with E-state index in [1.807, 2.05) is 36.4 Å². The first-order valence-electron chi connectivity index (χ1n) is 8.85. The molecular weight excluding hydrogens is 332 g/mol. The maximum absolute atomic E-state index is 12.3. The van der Waals surface area contributed by atoms with Crippen molar-refractivity contribution in [2.45, 2.75) is 31.7 Å². The fraction of sp³-hybridized carbons (Fsp3) is 0.350. The zero-order valence-electron chi connectivity index (χ0n) is 14.5. The largest absolute Gasteiger partial charge is 0.480 e. The maximum Gasteiger partial charge on any atom is 0.326 e. The summed E-state index contributed by atoms with van der Waals surface area (Å²) in [6.45, 7) is 0.655. The number of nitrogens with one attached hydrogen (secondary N) is 1. The molecule has 1 heterocycles. The predicted octanol–water partition coefficient (Wildman–Crippen LogP) is 2.43. The number of carboxylic acids is 1. The number of piperidine rings is 1. The highest BCUT2D eigenvalue weighted by molar-refractivity contribution is 5.98. The van der Waals surface area contributed by atoms with Crippen molar-refractivity contribution in [3.8, 4) is 0 Å². The second-order valence-electron chi connectivity index (χ2n) is 6.50. The minimum absolute atomic E-state index is 0.100. The van der Waals surface area contributed by atoms with Crippen LogP contribution in [0.3, 0.4) is 0 Å². The van der Waals surface area contributed by atoms with Crippen LogP contribution in [0.5, 0.6) is 0 Å². The minimum atomic E-state index is -0.960. The molecule has 1 saturated heterocycles. The second kappa shape index (κ2) is 7.99. The van der Waals surface area contributed by atoms with E-state index in [-0.39, 0.29) is 24.8 Å². The van der Waals surface area contributed by atoms with Gasteiger partial charge in [-0.1, -0.05) is 30.3 Å². The highest BCUT2D eigenvalue weighted by Gasteiger charge is 2.31. The van der Waals surface area contributed by atoms with Gasteiger partial charge in [0.1, 0.15) is 6.04 Å². The number of carboxylic acid groups (broad SMARTS) is 1. The van der Waals surface area contributed by atoms with Gasteiger partial charge in [-0.2, -0.15) is 0 Å². The lowest BCUT2D eigenvalue weighted by atomic mass is 10.0. The molecule has 1 atom stereocenters. The van der Waals surface area contributed by atoms with Crippen LogP contribution in [0, 0.1) is 0 Å². The Hall–Kier alpha value is -2.89. The molecule has 2 N–H and O–H groups in total. The molecule has 136 valence electrons. The van der Waals surface area contributed by atoms with Gasteiger partial charge in [0.05, 0.1) is 0 Å². The van der Waals surface area contributed by atoms with Crippen molar-refractivity contribution < 1.29 is 19.5 Å². The number of carbonyl (C=O) groups excluding carboxylic acids is 2. The van der Waals surface area contributed by atoms with Crippen LogP contribution < -0.4 is 5.32 Å². The summed E-state index contributed by atoms with van der Waals surface area (Å²) >= 11 is 0. The summed E-state index contributed by atoms with van der Waals surface area (Å²) in [4.78, 5) is 37.3. The van der Waals surface area contributed by atoms with Gasteiger partial charge in [0.25, 0.3) is 5.91 Å². The van der Waals surface area contributed by atoms with Crippen molar-refractivity contribution in [3.05, 3.63) is 48.0 Å². The second-order valence-corrected chi connectivity index (χ2v) is 6.50. The van der Waals surface area contributed by atoms with Gasteiger partial charge >= 0.3 is 5.97 Å². The Morgan fingerprint density at radius 3 is 2.62 bits per heavy atom. The quantitative estimate of drug-likeness (QED) is 0.863. The average Bonchev–Trinajstić information content (AvgIpc) is 2.67. The van der Waals surface area contributed by atoms with Crippen LogP contribution >= 0.6 is 0 Å². The predicted molar refractivity (Wildman–Crippen MR) is 97.9 cm³/mol. The molecule has 26 heavy (non-hydrogen) atoms. The molecule has 0 unspecified atom stereocenters. The van der Waals surface area contributed by atoms with E-state index in [0.717, 1.165) is 23.6 Å². The van der Waals surface area contributed by atoms with E-state index in [1.54, 1.807) is 6.07 Å². The Morgan fingerprint density at radius 2 is 1.85 bits per heavy atom. The summed E-state index contributed by atoms with van der Waals surface area (Å²) in [7, 11) is 0. The summed E-state index contributed by atoms with van der Waals surface area (Å²) in [6.07, 6.45) is 2.23. The summed E-state index contributed by atoms with van der Waals surface area (Å²) < 4.78 is 0. The Labute approximate surface area is 151 Å². The molecule has 0 saturated carbocycles. The van der Waals surface area contributed by atoms with E-state index in [0.29, 0.717) is 18.5 Å². The van der Waals surface area contributed by atoms with E-state index in [1.165, 1.54) is 4.90 Å². The molecule has 2 aromatic rings. The summed E-state index contributed by atoms with van der Waals surface area (Å²) in [5.41, 5.74) is 0.539. The number of amides is 2. The molecule has 1 aliphatic heterocycles. The van der Waals surface area contributed by atoms with E-state index in [9.17, 15) is 19.5 Å². The average molecular weight is 354 g/mol. The smallest absolute Gasteiger partial charge is 0.326 e. The zero-order valence-corrected chi connectivity index (χ0v) is 14.5. The van der Waals surface area contributed by atoms with Crippen molar-refractivity contribution in [1.29, 1.82) is 0 Å². The van der Waals surface area contributed by atoms with Crippen LogP contribution in [0.2, 0.25) is 0 Å². The minimum Gasteiger partial charge on any atom is -0.480 e. The number of carbonyl (C=O) groups is 3. The Bertz CT molecular complexity index is 833. The lowest BCUT2D eigenvalue weighted by molar-refractivity contribution is -0.152. The Kier molecular flexibility index (Phi) is 5.51. The third kappa shape index (κ3) is 4.02. The fourth-order valence-corrected chi connectivity index (χ4v) is 3.35. The summed E-state index contributed by atoms with van der Waals surface area (Å²) in [5, 5.41) is 14.0. The van der Waals surface area contributed by atoms with Crippen LogP contribution in [0.4, 0.5) is 0 Å². The monoisotopic (exact) mass is 354 g/mol. The first kappa shape index (κ1) is 17.9. The van der Waals surface area contributed by atoms with Gasteiger partial charge in [0.2, 0.25) is 5.91 Å². The van der Waals surface area contributed by atoms with Gasteiger partial charge in [0.15, 0.2) is 0 Å². The first-order chi connectivity index (χ1) is 12.6. The molecule has 0 bridgehead atoms. The topological polar surface area (TPSA) is 86.7 Å². The molecular formula is C20H22N2O4. The Morgan fingerprint density at radius 1 is 1.08 bits per heavy atom. The van der Waals surface area contributed by atoms with Crippen LogP contribution in [-0.4, -0.2) is 46.9 Å². The number of hydrogen-bond acceptors (Lipinski definition) is 3. The zero-order chi connectivity index (χ0) is 18.5. The normalized spacial score (nSPS) is 17.1. The number of likely N-dealkylation sites (tertiary alicyclic amines) is 1.